The van der Waals surface area contributed by atoms with Gasteiger partial charge in [-0.3, -0.25) is 9.52 Å². The molecule has 5 N–H and O–H groups in total. The fourth-order valence-electron chi connectivity index (χ4n) is 2.90. The highest BCUT2D eigenvalue weighted by atomic mass is 32.2. The Balaban J connectivity index is 1.74. The molecule has 0 radical (unpaired) electrons. The fraction of sp³-hybridized carbons (Fsp3) is 0.320. The highest BCUT2D eigenvalue weighted by Gasteiger charge is 2.12. The van der Waals surface area contributed by atoms with Crippen LogP contribution >= 0.6 is 11.9 Å². The minimum atomic E-state index is -0.229. The van der Waals surface area contributed by atoms with Crippen LogP contribution in [0.15, 0.2) is 53.4 Å². The maximum absolute atomic E-state index is 12.0. The third-order valence-corrected chi connectivity index (χ3v) is 5.97. The van der Waals surface area contributed by atoms with E-state index >= 15 is 0 Å². The summed E-state index contributed by atoms with van der Waals surface area (Å²) in [6, 6.07) is 15.2. The normalized spacial score (nSPS) is 11.2. The average molecular weight is 481 g/mol. The van der Waals surface area contributed by atoms with Gasteiger partial charge in [0.25, 0.3) is 5.91 Å². The lowest BCUT2D eigenvalue weighted by atomic mass is 10.1. The summed E-state index contributed by atoms with van der Waals surface area (Å²) in [5.74, 6) is 0.955. The SMILES string of the molecule is Cc1nc(Nc2ccc(C(=O)NCCO)cc2)nc(Nc2cccc(SNC(C)(C)C)c2)c1C. The van der Waals surface area contributed by atoms with Crippen LogP contribution in [0.4, 0.5) is 23.1 Å². The number of benzene rings is 2. The molecule has 0 saturated heterocycles. The topological polar surface area (TPSA) is 111 Å². The number of hydrogen-bond donors (Lipinski definition) is 5. The molecule has 2 aromatic carbocycles. The van der Waals surface area contributed by atoms with E-state index in [-0.39, 0.29) is 24.6 Å². The number of anilines is 4. The monoisotopic (exact) mass is 480 g/mol. The minimum absolute atomic E-state index is 0.0104. The number of aromatic nitrogens is 2. The van der Waals surface area contributed by atoms with Gasteiger partial charge in [-0.1, -0.05) is 6.07 Å². The van der Waals surface area contributed by atoms with Gasteiger partial charge in [0.05, 0.1) is 6.61 Å². The second kappa shape index (κ2) is 11.3. The summed E-state index contributed by atoms with van der Waals surface area (Å²) in [4.78, 5) is 22.3. The van der Waals surface area contributed by atoms with Gasteiger partial charge in [-0.25, -0.2) is 4.98 Å². The Morgan fingerprint density at radius 1 is 1.00 bits per heavy atom. The number of carbonyl (C=O) groups is 1. The van der Waals surface area contributed by atoms with E-state index in [9.17, 15) is 4.79 Å². The summed E-state index contributed by atoms with van der Waals surface area (Å²) >= 11 is 1.60. The van der Waals surface area contributed by atoms with Crippen molar-refractivity contribution < 1.29 is 9.90 Å². The van der Waals surface area contributed by atoms with E-state index < -0.39 is 0 Å². The molecule has 0 fully saturated rings. The standard InChI is InChI=1S/C25H32N6O2S/c1-16-17(2)27-24(29-19-11-9-18(10-12-19)23(33)26-13-14-32)30-22(16)28-20-7-6-8-21(15-20)34-31-25(3,4)5/h6-12,15,31-32H,13-14H2,1-5H3,(H,26,33)(H2,27,28,29,30). The van der Waals surface area contributed by atoms with E-state index in [1.54, 1.807) is 36.2 Å². The smallest absolute Gasteiger partial charge is 0.251 e. The van der Waals surface area contributed by atoms with Crippen molar-refractivity contribution in [3.05, 3.63) is 65.4 Å². The number of aliphatic hydroxyl groups is 1. The maximum atomic E-state index is 12.0. The van der Waals surface area contributed by atoms with E-state index in [0.717, 1.165) is 33.3 Å². The summed E-state index contributed by atoms with van der Waals surface area (Å²) in [5, 5.41) is 18.1. The molecule has 0 bridgehead atoms. The zero-order valence-electron chi connectivity index (χ0n) is 20.2. The number of aliphatic hydroxyl groups excluding tert-OH is 1. The summed E-state index contributed by atoms with van der Waals surface area (Å²) in [5.41, 5.74) is 4.05. The van der Waals surface area contributed by atoms with Crippen LogP contribution in [0.5, 0.6) is 0 Å². The summed E-state index contributed by atoms with van der Waals surface area (Å²) in [6.45, 7) is 10.4. The van der Waals surface area contributed by atoms with Crippen LogP contribution in [0.25, 0.3) is 0 Å². The maximum Gasteiger partial charge on any atom is 0.251 e. The van der Waals surface area contributed by atoms with Crippen LogP contribution in [0.1, 0.15) is 42.4 Å². The molecule has 34 heavy (non-hydrogen) atoms. The molecular formula is C25H32N6O2S. The molecule has 0 atom stereocenters. The van der Waals surface area contributed by atoms with E-state index in [4.69, 9.17) is 5.11 Å². The first kappa shape index (κ1) is 25.5. The number of hydrogen-bond acceptors (Lipinski definition) is 8. The zero-order valence-corrected chi connectivity index (χ0v) is 21.0. The van der Waals surface area contributed by atoms with Gasteiger partial charge in [-0.2, -0.15) is 4.98 Å². The second-order valence-electron chi connectivity index (χ2n) is 8.90. The van der Waals surface area contributed by atoms with Gasteiger partial charge in [-0.15, -0.1) is 0 Å². The molecular weight excluding hydrogens is 448 g/mol. The highest BCUT2D eigenvalue weighted by Crippen LogP contribution is 2.26. The van der Waals surface area contributed by atoms with Gasteiger partial charge >= 0.3 is 0 Å². The molecule has 0 unspecified atom stereocenters. The van der Waals surface area contributed by atoms with Gasteiger partial charge < -0.3 is 21.1 Å². The van der Waals surface area contributed by atoms with Gasteiger partial charge in [0.15, 0.2) is 0 Å². The average Bonchev–Trinajstić information content (AvgIpc) is 2.79. The lowest BCUT2D eigenvalue weighted by molar-refractivity contribution is 0.0945. The Hall–Kier alpha value is -3.14. The molecule has 1 heterocycles. The molecule has 1 amide bonds. The van der Waals surface area contributed by atoms with Crippen LogP contribution in [-0.2, 0) is 0 Å². The number of aryl methyl sites for hydroxylation is 1. The van der Waals surface area contributed by atoms with E-state index in [0.29, 0.717) is 11.5 Å². The van der Waals surface area contributed by atoms with Crippen LogP contribution in [0.3, 0.4) is 0 Å². The first-order valence-corrected chi connectivity index (χ1v) is 11.9. The van der Waals surface area contributed by atoms with Crippen LogP contribution < -0.4 is 20.7 Å². The van der Waals surface area contributed by atoms with Crippen LogP contribution in [0, 0.1) is 13.8 Å². The quantitative estimate of drug-likeness (QED) is 0.280. The van der Waals surface area contributed by atoms with Crippen molar-refractivity contribution in [2.45, 2.75) is 45.1 Å². The Bertz CT molecular complexity index is 1130. The van der Waals surface area contributed by atoms with Crippen molar-refractivity contribution in [3.8, 4) is 0 Å². The molecule has 0 aliphatic carbocycles. The predicted molar refractivity (Wildman–Crippen MR) is 139 cm³/mol. The van der Waals surface area contributed by atoms with Gasteiger partial charge in [0, 0.05) is 45.2 Å². The Labute approximate surface area is 205 Å². The van der Waals surface area contributed by atoms with Crippen molar-refractivity contribution in [1.82, 2.24) is 20.0 Å². The van der Waals surface area contributed by atoms with E-state index in [2.05, 4.69) is 63.5 Å². The first-order chi connectivity index (χ1) is 16.1. The number of rotatable bonds is 9. The largest absolute Gasteiger partial charge is 0.395 e. The minimum Gasteiger partial charge on any atom is -0.395 e. The van der Waals surface area contributed by atoms with Crippen molar-refractivity contribution in [1.29, 1.82) is 0 Å². The number of carbonyl (C=O) groups excluding carboxylic acids is 1. The molecule has 9 heteroatoms. The molecule has 0 aliphatic heterocycles. The lowest BCUT2D eigenvalue weighted by Crippen LogP contribution is -2.29. The summed E-state index contributed by atoms with van der Waals surface area (Å²) in [6.07, 6.45) is 0. The number of nitrogens with zero attached hydrogens (tertiary/aromatic N) is 2. The van der Waals surface area contributed by atoms with Crippen molar-refractivity contribution in [2.24, 2.45) is 0 Å². The molecule has 0 spiro atoms. The zero-order chi connectivity index (χ0) is 24.7. The predicted octanol–water partition coefficient (Wildman–Crippen LogP) is 4.70. The Morgan fingerprint density at radius 2 is 1.74 bits per heavy atom. The van der Waals surface area contributed by atoms with Crippen LogP contribution in [0.2, 0.25) is 0 Å². The highest BCUT2D eigenvalue weighted by molar-refractivity contribution is 7.97. The van der Waals surface area contributed by atoms with Crippen molar-refractivity contribution in [2.75, 3.05) is 23.8 Å². The fourth-order valence-corrected chi connectivity index (χ4v) is 3.65. The van der Waals surface area contributed by atoms with Crippen molar-refractivity contribution >= 4 is 41.0 Å². The Kier molecular flexibility index (Phi) is 8.49. The number of amides is 1. The second-order valence-corrected chi connectivity index (χ2v) is 9.77. The first-order valence-electron chi connectivity index (χ1n) is 11.1. The lowest BCUT2D eigenvalue weighted by Gasteiger charge is -2.19. The molecule has 3 rings (SSSR count). The number of nitrogens with one attached hydrogen (secondary N) is 4. The van der Waals surface area contributed by atoms with E-state index in [1.165, 1.54) is 0 Å². The molecule has 180 valence electrons. The summed E-state index contributed by atoms with van der Waals surface area (Å²) < 4.78 is 3.42. The molecule has 3 aromatic rings. The third-order valence-electron chi connectivity index (χ3n) is 4.76. The van der Waals surface area contributed by atoms with Gasteiger partial charge in [-0.05, 0) is 89.0 Å². The molecule has 0 aliphatic rings. The third kappa shape index (κ3) is 7.44. The molecule has 8 nitrogen and oxygen atoms in total. The van der Waals surface area contributed by atoms with Crippen molar-refractivity contribution in [3.63, 3.8) is 0 Å². The van der Waals surface area contributed by atoms with E-state index in [1.807, 2.05) is 26.0 Å². The van der Waals surface area contributed by atoms with Crippen LogP contribution in [-0.4, -0.2) is 39.7 Å². The molecule has 0 saturated carbocycles. The molecule has 1 aromatic heterocycles. The Morgan fingerprint density at radius 3 is 2.41 bits per heavy atom. The summed E-state index contributed by atoms with van der Waals surface area (Å²) in [7, 11) is 0. The van der Waals surface area contributed by atoms with Gasteiger partial charge in [0.1, 0.15) is 5.82 Å². The van der Waals surface area contributed by atoms with Gasteiger partial charge in [0.2, 0.25) is 5.95 Å².